The summed E-state index contributed by atoms with van der Waals surface area (Å²) in [5, 5.41) is 9.63. The van der Waals surface area contributed by atoms with Crippen LogP contribution in [0.15, 0.2) is 35.3 Å². The number of guanidine groups is 1. The van der Waals surface area contributed by atoms with E-state index in [0.29, 0.717) is 24.9 Å². The van der Waals surface area contributed by atoms with E-state index in [4.69, 9.17) is 4.74 Å². The van der Waals surface area contributed by atoms with Gasteiger partial charge in [-0.1, -0.05) is 43.2 Å². The molecule has 1 saturated carbocycles. The highest BCUT2D eigenvalue weighted by Gasteiger charge is 2.33. The minimum Gasteiger partial charge on any atom is -0.385 e. The molecule has 0 aliphatic heterocycles. The molecule has 1 aromatic carbocycles. The molecule has 6 nitrogen and oxygen atoms in total. The first-order valence-corrected chi connectivity index (χ1v) is 9.91. The minimum atomic E-state index is 0.0363. The van der Waals surface area contributed by atoms with Crippen LogP contribution in [-0.4, -0.2) is 45.7 Å². The van der Waals surface area contributed by atoms with E-state index in [1.54, 1.807) is 14.2 Å². The van der Waals surface area contributed by atoms with Crippen LogP contribution in [-0.2, 0) is 16.1 Å². The molecule has 1 fully saturated rings. The molecule has 27 heavy (non-hydrogen) atoms. The molecule has 0 bridgehead atoms. The van der Waals surface area contributed by atoms with Crippen LogP contribution in [0, 0.1) is 5.41 Å². The van der Waals surface area contributed by atoms with Crippen molar-refractivity contribution in [1.29, 1.82) is 0 Å². The van der Waals surface area contributed by atoms with Gasteiger partial charge in [-0.15, -0.1) is 0 Å². The number of carbonyl (C=O) groups excluding carboxylic acids is 1. The molecule has 0 radical (unpaired) electrons. The number of amides is 1. The average molecular weight is 375 g/mol. The number of ether oxygens (including phenoxy) is 1. The molecule has 0 aromatic heterocycles. The SMILES string of the molecule is CN=C(NCCC(=O)NCc1ccccc1)NCC1(CCOC)CCCC1. The Balaban J connectivity index is 1.66. The molecule has 150 valence electrons. The second-order valence-electron chi connectivity index (χ2n) is 7.31. The van der Waals surface area contributed by atoms with Crippen molar-refractivity contribution in [2.75, 3.05) is 33.9 Å². The number of rotatable bonds is 10. The minimum absolute atomic E-state index is 0.0363. The van der Waals surface area contributed by atoms with Gasteiger partial charge >= 0.3 is 0 Å². The van der Waals surface area contributed by atoms with Gasteiger partial charge in [0.1, 0.15) is 0 Å². The Morgan fingerprint density at radius 1 is 1.15 bits per heavy atom. The van der Waals surface area contributed by atoms with Gasteiger partial charge in [-0.25, -0.2) is 0 Å². The largest absolute Gasteiger partial charge is 0.385 e. The predicted molar refractivity (Wildman–Crippen MR) is 110 cm³/mol. The molecule has 0 heterocycles. The Kier molecular flexibility index (Phi) is 9.11. The monoisotopic (exact) mass is 374 g/mol. The van der Waals surface area contributed by atoms with Gasteiger partial charge in [-0.2, -0.15) is 0 Å². The molecule has 2 rings (SSSR count). The molecule has 3 N–H and O–H groups in total. The summed E-state index contributed by atoms with van der Waals surface area (Å²) < 4.78 is 5.29. The highest BCUT2D eigenvalue weighted by molar-refractivity contribution is 5.81. The topological polar surface area (TPSA) is 74.8 Å². The van der Waals surface area contributed by atoms with Gasteiger partial charge in [0.05, 0.1) is 0 Å². The Hall–Kier alpha value is -2.08. The average Bonchev–Trinajstić information content (AvgIpc) is 3.17. The number of carbonyl (C=O) groups is 1. The second-order valence-corrected chi connectivity index (χ2v) is 7.31. The highest BCUT2D eigenvalue weighted by atomic mass is 16.5. The predicted octanol–water partition coefficient (Wildman–Crippen LogP) is 2.45. The first-order chi connectivity index (χ1) is 13.2. The van der Waals surface area contributed by atoms with Gasteiger partial charge < -0.3 is 20.7 Å². The lowest BCUT2D eigenvalue weighted by Crippen LogP contribution is -2.44. The maximum atomic E-state index is 12.0. The van der Waals surface area contributed by atoms with E-state index in [-0.39, 0.29) is 5.91 Å². The van der Waals surface area contributed by atoms with Gasteiger partial charge in [0, 0.05) is 46.8 Å². The van der Waals surface area contributed by atoms with Crippen LogP contribution in [0.4, 0.5) is 0 Å². The zero-order chi connectivity index (χ0) is 19.4. The first-order valence-electron chi connectivity index (χ1n) is 9.91. The van der Waals surface area contributed by atoms with Crippen LogP contribution in [0.2, 0.25) is 0 Å². The number of methoxy groups -OCH3 is 1. The lowest BCUT2D eigenvalue weighted by Gasteiger charge is -2.29. The summed E-state index contributed by atoms with van der Waals surface area (Å²) in [5.74, 6) is 0.795. The molecule has 1 amide bonds. The third-order valence-corrected chi connectivity index (χ3v) is 5.33. The number of hydrogen-bond acceptors (Lipinski definition) is 3. The summed E-state index contributed by atoms with van der Waals surface area (Å²) in [6.07, 6.45) is 6.56. The van der Waals surface area contributed by atoms with Gasteiger partial charge in [-0.05, 0) is 30.2 Å². The lowest BCUT2D eigenvalue weighted by atomic mass is 9.83. The fraction of sp³-hybridized carbons (Fsp3) is 0.619. The van der Waals surface area contributed by atoms with Crippen molar-refractivity contribution in [3.63, 3.8) is 0 Å². The summed E-state index contributed by atoms with van der Waals surface area (Å²) >= 11 is 0. The highest BCUT2D eigenvalue weighted by Crippen LogP contribution is 2.40. The van der Waals surface area contributed by atoms with E-state index in [1.165, 1.54) is 25.7 Å². The number of benzene rings is 1. The molecule has 6 heteroatoms. The van der Waals surface area contributed by atoms with E-state index >= 15 is 0 Å². The second kappa shape index (κ2) is 11.6. The van der Waals surface area contributed by atoms with Crippen molar-refractivity contribution in [1.82, 2.24) is 16.0 Å². The summed E-state index contributed by atoms with van der Waals surface area (Å²) in [5.41, 5.74) is 1.41. The number of nitrogens with zero attached hydrogens (tertiary/aromatic N) is 1. The van der Waals surface area contributed by atoms with Gasteiger partial charge in [-0.3, -0.25) is 9.79 Å². The van der Waals surface area contributed by atoms with Crippen LogP contribution < -0.4 is 16.0 Å². The van der Waals surface area contributed by atoms with Crippen LogP contribution in [0.3, 0.4) is 0 Å². The molecule has 0 unspecified atom stereocenters. The maximum absolute atomic E-state index is 12.0. The first kappa shape index (κ1) is 21.2. The van der Waals surface area contributed by atoms with E-state index < -0.39 is 0 Å². The number of nitrogens with one attached hydrogen (secondary N) is 3. The smallest absolute Gasteiger partial charge is 0.222 e. The van der Waals surface area contributed by atoms with Crippen LogP contribution >= 0.6 is 0 Å². The number of aliphatic imine (C=N–C) groups is 1. The molecular formula is C21H34N4O2. The van der Waals surface area contributed by atoms with Crippen molar-refractivity contribution < 1.29 is 9.53 Å². The lowest BCUT2D eigenvalue weighted by molar-refractivity contribution is -0.121. The third-order valence-electron chi connectivity index (χ3n) is 5.33. The van der Waals surface area contributed by atoms with Crippen molar-refractivity contribution in [2.24, 2.45) is 10.4 Å². The van der Waals surface area contributed by atoms with Crippen molar-refractivity contribution >= 4 is 11.9 Å². The Labute approximate surface area is 163 Å². The van der Waals surface area contributed by atoms with Gasteiger partial charge in [0.2, 0.25) is 5.91 Å². The Morgan fingerprint density at radius 2 is 1.89 bits per heavy atom. The fourth-order valence-corrected chi connectivity index (χ4v) is 3.63. The molecular weight excluding hydrogens is 340 g/mol. The molecule has 1 aliphatic carbocycles. The van der Waals surface area contributed by atoms with Crippen LogP contribution in [0.25, 0.3) is 0 Å². The van der Waals surface area contributed by atoms with E-state index in [2.05, 4.69) is 20.9 Å². The Bertz CT molecular complexity index is 583. The van der Waals surface area contributed by atoms with Crippen LogP contribution in [0.5, 0.6) is 0 Å². The van der Waals surface area contributed by atoms with Crippen LogP contribution in [0.1, 0.15) is 44.1 Å². The normalized spacial score (nSPS) is 16.1. The quantitative estimate of drug-likeness (QED) is 0.434. The zero-order valence-corrected chi connectivity index (χ0v) is 16.7. The van der Waals surface area contributed by atoms with Crippen molar-refractivity contribution in [3.8, 4) is 0 Å². The summed E-state index contributed by atoms with van der Waals surface area (Å²) in [6, 6.07) is 9.93. The molecule has 0 atom stereocenters. The van der Waals surface area contributed by atoms with Crippen molar-refractivity contribution in [3.05, 3.63) is 35.9 Å². The molecule has 1 aromatic rings. The van der Waals surface area contributed by atoms with E-state index in [1.807, 2.05) is 30.3 Å². The molecule has 1 aliphatic rings. The third kappa shape index (κ3) is 7.59. The molecule has 0 spiro atoms. The summed E-state index contributed by atoms with van der Waals surface area (Å²) in [4.78, 5) is 16.3. The fourth-order valence-electron chi connectivity index (χ4n) is 3.63. The van der Waals surface area contributed by atoms with Gasteiger partial charge in [0.15, 0.2) is 5.96 Å². The summed E-state index contributed by atoms with van der Waals surface area (Å²) in [6.45, 7) is 2.82. The Morgan fingerprint density at radius 3 is 2.56 bits per heavy atom. The van der Waals surface area contributed by atoms with E-state index in [9.17, 15) is 4.79 Å². The maximum Gasteiger partial charge on any atom is 0.222 e. The van der Waals surface area contributed by atoms with E-state index in [0.717, 1.165) is 31.1 Å². The standard InChI is InChI=1S/C21H34N4O2/c1-22-20(25-17-21(13-15-27-2)11-6-7-12-21)23-14-10-19(26)24-16-18-8-4-3-5-9-18/h3-5,8-9H,6-7,10-17H2,1-2H3,(H,24,26)(H2,22,23,25). The zero-order valence-electron chi connectivity index (χ0n) is 16.7. The summed E-state index contributed by atoms with van der Waals surface area (Å²) in [7, 11) is 3.53. The van der Waals surface area contributed by atoms with Gasteiger partial charge in [0.25, 0.3) is 0 Å². The molecule has 0 saturated heterocycles. The van der Waals surface area contributed by atoms with Crippen molar-refractivity contribution in [2.45, 2.75) is 45.1 Å². The number of hydrogen-bond donors (Lipinski definition) is 3.